The summed E-state index contributed by atoms with van der Waals surface area (Å²) in [6, 6.07) is 8.86. The minimum Gasteiger partial charge on any atom is -0.316 e. The van der Waals surface area contributed by atoms with Gasteiger partial charge in [0.2, 0.25) is 0 Å². The molecule has 0 spiro atoms. The summed E-state index contributed by atoms with van der Waals surface area (Å²) in [5.41, 5.74) is 3.54. The highest BCUT2D eigenvalue weighted by Crippen LogP contribution is 2.43. The molecule has 1 heteroatoms. The van der Waals surface area contributed by atoms with Crippen LogP contribution in [0.25, 0.3) is 0 Å². The zero-order chi connectivity index (χ0) is 13.0. The molecule has 0 aliphatic heterocycles. The van der Waals surface area contributed by atoms with Crippen molar-refractivity contribution in [3.8, 4) is 0 Å². The van der Waals surface area contributed by atoms with Crippen LogP contribution in [0.5, 0.6) is 0 Å². The van der Waals surface area contributed by atoms with Gasteiger partial charge in [-0.15, -0.1) is 0 Å². The van der Waals surface area contributed by atoms with Gasteiger partial charge in [0, 0.05) is 6.54 Å². The maximum Gasteiger partial charge on any atom is 0.00111 e. The molecule has 1 aliphatic carbocycles. The van der Waals surface area contributed by atoms with Gasteiger partial charge >= 0.3 is 0 Å². The molecule has 1 N–H and O–H groups in total. The van der Waals surface area contributed by atoms with Crippen molar-refractivity contribution >= 4 is 0 Å². The van der Waals surface area contributed by atoms with E-state index in [4.69, 9.17) is 0 Å². The van der Waals surface area contributed by atoms with Crippen LogP contribution < -0.4 is 5.32 Å². The van der Waals surface area contributed by atoms with Gasteiger partial charge < -0.3 is 5.32 Å². The van der Waals surface area contributed by atoms with Gasteiger partial charge in [-0.3, -0.25) is 0 Å². The van der Waals surface area contributed by atoms with Crippen LogP contribution in [0.3, 0.4) is 0 Å². The lowest BCUT2D eigenvalue weighted by Crippen LogP contribution is -2.42. The van der Waals surface area contributed by atoms with E-state index in [0.717, 1.165) is 12.5 Å². The van der Waals surface area contributed by atoms with Crippen molar-refractivity contribution in [2.24, 2.45) is 11.3 Å². The molecule has 0 heterocycles. The third-order valence-electron chi connectivity index (χ3n) is 4.29. The van der Waals surface area contributed by atoms with Crippen LogP contribution in [0, 0.1) is 18.3 Å². The second-order valence-electron chi connectivity index (χ2n) is 6.48. The SMILES string of the molecule is Cc1ccccc1CC1(CNCC(C)C)CCC1. The van der Waals surface area contributed by atoms with Crippen LogP contribution in [0.15, 0.2) is 24.3 Å². The lowest BCUT2D eigenvalue weighted by atomic mass is 9.65. The molecule has 0 aromatic heterocycles. The van der Waals surface area contributed by atoms with E-state index in [2.05, 4.69) is 50.4 Å². The second-order valence-corrected chi connectivity index (χ2v) is 6.48. The summed E-state index contributed by atoms with van der Waals surface area (Å²) in [5, 5.41) is 3.67. The van der Waals surface area contributed by atoms with Crippen LogP contribution in [0.4, 0.5) is 0 Å². The molecule has 0 radical (unpaired) electrons. The molecule has 100 valence electrons. The maximum absolute atomic E-state index is 3.67. The molecule has 0 atom stereocenters. The molecule has 1 saturated carbocycles. The predicted octanol–water partition coefficient (Wildman–Crippen LogP) is 3.95. The van der Waals surface area contributed by atoms with Crippen LogP contribution >= 0.6 is 0 Å². The Hall–Kier alpha value is -0.820. The maximum atomic E-state index is 3.67. The van der Waals surface area contributed by atoms with Gasteiger partial charge in [0.15, 0.2) is 0 Å². The zero-order valence-electron chi connectivity index (χ0n) is 12.1. The quantitative estimate of drug-likeness (QED) is 0.800. The van der Waals surface area contributed by atoms with Crippen molar-refractivity contribution < 1.29 is 0 Å². The van der Waals surface area contributed by atoms with E-state index in [1.165, 1.54) is 37.8 Å². The average Bonchev–Trinajstić information content (AvgIpc) is 2.28. The van der Waals surface area contributed by atoms with Crippen LogP contribution in [0.1, 0.15) is 44.2 Å². The Kier molecular flexibility index (Phi) is 4.45. The van der Waals surface area contributed by atoms with E-state index in [-0.39, 0.29) is 0 Å². The van der Waals surface area contributed by atoms with Gasteiger partial charge in [0.1, 0.15) is 0 Å². The van der Waals surface area contributed by atoms with E-state index in [1.807, 2.05) is 0 Å². The summed E-state index contributed by atoms with van der Waals surface area (Å²) in [5.74, 6) is 0.751. The van der Waals surface area contributed by atoms with Crippen molar-refractivity contribution in [3.63, 3.8) is 0 Å². The molecule has 0 bridgehead atoms. The smallest absolute Gasteiger partial charge is 0.00111 e. The molecule has 0 amide bonds. The first kappa shape index (κ1) is 13.6. The molecule has 0 unspecified atom stereocenters. The lowest BCUT2D eigenvalue weighted by molar-refractivity contribution is 0.128. The Labute approximate surface area is 112 Å². The number of hydrogen-bond donors (Lipinski definition) is 1. The van der Waals surface area contributed by atoms with Crippen molar-refractivity contribution in [2.45, 2.75) is 46.5 Å². The number of nitrogens with one attached hydrogen (secondary N) is 1. The highest BCUT2D eigenvalue weighted by Gasteiger charge is 2.36. The van der Waals surface area contributed by atoms with Crippen molar-refractivity contribution in [2.75, 3.05) is 13.1 Å². The molecule has 1 fully saturated rings. The van der Waals surface area contributed by atoms with Gasteiger partial charge in [-0.25, -0.2) is 0 Å². The number of hydrogen-bond acceptors (Lipinski definition) is 1. The van der Waals surface area contributed by atoms with Gasteiger partial charge in [-0.2, -0.15) is 0 Å². The Balaban J connectivity index is 1.94. The van der Waals surface area contributed by atoms with Crippen molar-refractivity contribution in [1.29, 1.82) is 0 Å². The minimum absolute atomic E-state index is 0.543. The number of aryl methyl sites for hydroxylation is 1. The third kappa shape index (κ3) is 3.35. The molecule has 1 aromatic rings. The largest absolute Gasteiger partial charge is 0.316 e. The summed E-state index contributed by atoms with van der Waals surface area (Å²) in [6.07, 6.45) is 5.46. The van der Waals surface area contributed by atoms with E-state index in [1.54, 1.807) is 5.56 Å². The Morgan fingerprint density at radius 1 is 1.22 bits per heavy atom. The predicted molar refractivity (Wildman–Crippen MR) is 78.9 cm³/mol. The lowest BCUT2D eigenvalue weighted by Gasteiger charge is -2.43. The fourth-order valence-corrected chi connectivity index (χ4v) is 2.93. The standard InChI is InChI=1S/C17H27N/c1-14(2)12-18-13-17(9-6-10-17)11-16-8-5-4-7-15(16)3/h4-5,7-8,14,18H,6,9-13H2,1-3H3. The molecule has 0 saturated heterocycles. The normalized spacial score (nSPS) is 17.8. The van der Waals surface area contributed by atoms with Crippen molar-refractivity contribution in [1.82, 2.24) is 5.32 Å². The molecule has 2 rings (SSSR count). The molecular formula is C17H27N. The van der Waals surface area contributed by atoms with Gasteiger partial charge in [0.25, 0.3) is 0 Å². The summed E-state index contributed by atoms with van der Waals surface area (Å²) >= 11 is 0. The van der Waals surface area contributed by atoms with Crippen LogP contribution in [-0.2, 0) is 6.42 Å². The molecule has 1 nitrogen and oxygen atoms in total. The van der Waals surface area contributed by atoms with Gasteiger partial charge in [0.05, 0.1) is 0 Å². The van der Waals surface area contributed by atoms with E-state index in [9.17, 15) is 0 Å². The summed E-state index contributed by atoms with van der Waals surface area (Å²) in [6.45, 7) is 9.14. The molecule has 1 aliphatic rings. The summed E-state index contributed by atoms with van der Waals surface area (Å²) < 4.78 is 0. The Morgan fingerprint density at radius 3 is 2.50 bits per heavy atom. The van der Waals surface area contributed by atoms with E-state index < -0.39 is 0 Å². The van der Waals surface area contributed by atoms with Crippen LogP contribution in [0.2, 0.25) is 0 Å². The summed E-state index contributed by atoms with van der Waals surface area (Å²) in [7, 11) is 0. The first-order valence-corrected chi connectivity index (χ1v) is 7.37. The number of rotatable bonds is 6. The summed E-state index contributed by atoms with van der Waals surface area (Å²) in [4.78, 5) is 0. The van der Waals surface area contributed by atoms with Gasteiger partial charge in [-0.1, -0.05) is 44.5 Å². The highest BCUT2D eigenvalue weighted by molar-refractivity contribution is 5.27. The topological polar surface area (TPSA) is 12.0 Å². The highest BCUT2D eigenvalue weighted by atomic mass is 14.9. The van der Waals surface area contributed by atoms with Gasteiger partial charge in [-0.05, 0) is 55.2 Å². The number of benzene rings is 1. The Bertz CT molecular complexity index is 377. The third-order valence-corrected chi connectivity index (χ3v) is 4.29. The first-order valence-electron chi connectivity index (χ1n) is 7.37. The fraction of sp³-hybridized carbons (Fsp3) is 0.647. The van der Waals surface area contributed by atoms with E-state index in [0.29, 0.717) is 5.41 Å². The molecule has 18 heavy (non-hydrogen) atoms. The average molecular weight is 245 g/mol. The zero-order valence-corrected chi connectivity index (χ0v) is 12.1. The van der Waals surface area contributed by atoms with Crippen molar-refractivity contribution in [3.05, 3.63) is 35.4 Å². The van der Waals surface area contributed by atoms with Crippen LogP contribution in [-0.4, -0.2) is 13.1 Å². The Morgan fingerprint density at radius 2 is 1.94 bits per heavy atom. The fourth-order valence-electron chi connectivity index (χ4n) is 2.93. The first-order chi connectivity index (χ1) is 8.61. The molecular weight excluding hydrogens is 218 g/mol. The second kappa shape index (κ2) is 5.88. The van der Waals surface area contributed by atoms with E-state index >= 15 is 0 Å². The minimum atomic E-state index is 0.543. The molecule has 1 aromatic carbocycles. The monoisotopic (exact) mass is 245 g/mol.